The normalized spacial score (nSPS) is 22.2. The van der Waals surface area contributed by atoms with Crippen LogP contribution in [-0.4, -0.2) is 0 Å². The summed E-state index contributed by atoms with van der Waals surface area (Å²) in [6.45, 7) is 9.73. The average molecular weight is 690 g/mol. The highest BCUT2D eigenvalue weighted by atomic mass is 15.2. The van der Waals surface area contributed by atoms with Gasteiger partial charge in [-0.1, -0.05) is 155 Å². The first-order valence-corrected chi connectivity index (χ1v) is 19.7. The predicted octanol–water partition coefficient (Wildman–Crippen LogP) is 13.1. The van der Waals surface area contributed by atoms with E-state index in [0.717, 1.165) is 6.42 Å². The van der Waals surface area contributed by atoms with E-state index >= 15 is 0 Å². The van der Waals surface area contributed by atoms with Crippen LogP contribution in [0.3, 0.4) is 0 Å². The average Bonchev–Trinajstić information content (AvgIpc) is 3.92. The topological polar surface area (TPSA) is 3.24 Å². The molecule has 0 saturated heterocycles. The molecule has 0 N–H and O–H groups in total. The molecule has 0 aromatic heterocycles. The Balaban J connectivity index is 1.16. The lowest BCUT2D eigenvalue weighted by Gasteiger charge is -2.35. The highest BCUT2D eigenvalue weighted by molar-refractivity contribution is 6.05. The third-order valence-corrected chi connectivity index (χ3v) is 14.7. The van der Waals surface area contributed by atoms with Crippen molar-refractivity contribution in [2.45, 2.75) is 50.4 Å². The summed E-state index contributed by atoms with van der Waals surface area (Å²) in [5, 5.41) is 0. The number of rotatable bonds is 1. The van der Waals surface area contributed by atoms with E-state index in [1.165, 1.54) is 106 Å². The van der Waals surface area contributed by atoms with Gasteiger partial charge in [-0.2, -0.15) is 0 Å². The zero-order valence-electron chi connectivity index (χ0n) is 31.1. The van der Waals surface area contributed by atoms with Gasteiger partial charge in [0.15, 0.2) is 0 Å². The molecular formula is C53H39N. The maximum atomic E-state index is 2.66. The number of anilines is 3. The summed E-state index contributed by atoms with van der Waals surface area (Å²) in [6, 6.07) is 49.1. The molecule has 13 rings (SSSR count). The number of fused-ring (bicyclic) bond motifs is 10. The fourth-order valence-electron chi connectivity index (χ4n) is 12.4. The Morgan fingerprint density at radius 3 is 1.59 bits per heavy atom. The summed E-state index contributed by atoms with van der Waals surface area (Å²) < 4.78 is 0. The van der Waals surface area contributed by atoms with E-state index in [2.05, 4.69) is 184 Å². The fraction of sp³-hybridized carbons (Fsp3) is 0.170. The predicted molar refractivity (Wildman–Crippen MR) is 223 cm³/mol. The van der Waals surface area contributed by atoms with Crippen molar-refractivity contribution in [3.8, 4) is 22.3 Å². The van der Waals surface area contributed by atoms with Crippen LogP contribution in [0.5, 0.6) is 0 Å². The molecule has 1 atom stereocenters. The summed E-state index contributed by atoms with van der Waals surface area (Å²) in [6.07, 6.45) is 11.1. The van der Waals surface area contributed by atoms with Crippen LogP contribution in [0.25, 0.3) is 33.4 Å². The Morgan fingerprint density at radius 2 is 0.963 bits per heavy atom. The minimum atomic E-state index is -0.401. The van der Waals surface area contributed by atoms with Crippen LogP contribution in [0.1, 0.15) is 78.6 Å². The molecule has 256 valence electrons. The second kappa shape index (κ2) is 9.23. The second-order valence-electron chi connectivity index (χ2n) is 17.7. The third kappa shape index (κ3) is 3.05. The summed E-state index contributed by atoms with van der Waals surface area (Å²) in [5.74, 6) is 0. The molecular weight excluding hydrogens is 651 g/mol. The molecule has 2 spiro atoms. The monoisotopic (exact) mass is 689 g/mol. The molecule has 1 heterocycles. The summed E-state index contributed by atoms with van der Waals surface area (Å²) >= 11 is 0. The molecule has 1 unspecified atom stereocenters. The molecule has 0 radical (unpaired) electrons. The molecule has 0 fully saturated rings. The van der Waals surface area contributed by atoms with Crippen molar-refractivity contribution in [1.29, 1.82) is 0 Å². The fourth-order valence-corrected chi connectivity index (χ4v) is 12.4. The Morgan fingerprint density at radius 1 is 0.463 bits per heavy atom. The van der Waals surface area contributed by atoms with Crippen molar-refractivity contribution in [2.24, 2.45) is 5.41 Å². The number of allylic oxidation sites excluding steroid dienone is 8. The lowest BCUT2D eigenvalue weighted by molar-refractivity contribution is 0.629. The van der Waals surface area contributed by atoms with Gasteiger partial charge in [-0.05, 0) is 109 Å². The molecule has 6 aromatic carbocycles. The van der Waals surface area contributed by atoms with Crippen molar-refractivity contribution in [1.82, 2.24) is 0 Å². The van der Waals surface area contributed by atoms with Crippen molar-refractivity contribution in [3.05, 3.63) is 207 Å². The maximum absolute atomic E-state index is 2.66. The van der Waals surface area contributed by atoms with Gasteiger partial charge in [-0.25, -0.2) is 0 Å². The third-order valence-electron chi connectivity index (χ3n) is 14.7. The SMILES string of the molecule is CC1(C)C2=C3CC4(C=C2)C=CC2=C4c4c(cccc4C2(C)C)N(c2ccc4c(c2)C2(c5ccccc5-c5ccccc52)c2ccccc2-4)c2cccc1c23. The lowest BCUT2D eigenvalue weighted by Crippen LogP contribution is -2.26. The summed E-state index contributed by atoms with van der Waals surface area (Å²) in [7, 11) is 0. The van der Waals surface area contributed by atoms with Gasteiger partial charge in [0.2, 0.25) is 0 Å². The smallest absolute Gasteiger partial charge is 0.0726 e. The Bertz CT molecular complexity index is 2860. The molecule has 0 amide bonds. The van der Waals surface area contributed by atoms with Crippen LogP contribution in [-0.2, 0) is 16.2 Å². The highest BCUT2D eigenvalue weighted by Crippen LogP contribution is 2.68. The lowest BCUT2D eigenvalue weighted by atomic mass is 9.69. The molecule has 1 aliphatic heterocycles. The summed E-state index contributed by atoms with van der Waals surface area (Å²) in [5.41, 5.74) is 25.6. The molecule has 6 aromatic rings. The van der Waals surface area contributed by atoms with Crippen molar-refractivity contribution < 1.29 is 0 Å². The summed E-state index contributed by atoms with van der Waals surface area (Å²) in [4.78, 5) is 2.66. The van der Waals surface area contributed by atoms with Crippen LogP contribution in [0.15, 0.2) is 163 Å². The van der Waals surface area contributed by atoms with Gasteiger partial charge < -0.3 is 4.90 Å². The van der Waals surface area contributed by atoms with Crippen LogP contribution in [0, 0.1) is 5.41 Å². The number of hydrogen-bond donors (Lipinski definition) is 0. The van der Waals surface area contributed by atoms with Crippen LogP contribution < -0.4 is 4.90 Å². The van der Waals surface area contributed by atoms with E-state index < -0.39 is 5.41 Å². The van der Waals surface area contributed by atoms with E-state index in [9.17, 15) is 0 Å². The standard InChI is InChI=1S/C53H39N/c1-50(2)37-25-27-52-28-26-43-49(52)48-42(51(43,3)4)20-12-22-46(48)54(45-21-11-19-41(50)47(45)36(37)30-52)31-23-24-35-34-15-7-10-18-40(34)53(44(35)29-31)38-16-8-5-13-32(38)33-14-6-9-17-39(33)53/h5-29H,30H2,1-4H3. The van der Waals surface area contributed by atoms with Gasteiger partial charge in [0.1, 0.15) is 0 Å². The van der Waals surface area contributed by atoms with E-state index in [-0.39, 0.29) is 16.2 Å². The van der Waals surface area contributed by atoms with Gasteiger partial charge in [0.05, 0.1) is 16.8 Å². The minimum absolute atomic E-state index is 0.0796. The van der Waals surface area contributed by atoms with Gasteiger partial charge in [-0.15, -0.1) is 0 Å². The molecule has 6 aliphatic carbocycles. The molecule has 2 bridgehead atoms. The first kappa shape index (κ1) is 29.5. The molecule has 0 saturated carbocycles. The van der Waals surface area contributed by atoms with E-state index in [1.807, 2.05) is 0 Å². The highest BCUT2D eigenvalue weighted by Gasteiger charge is 2.54. The Labute approximate surface area is 317 Å². The number of nitrogens with zero attached hydrogens (tertiary/aromatic N) is 1. The van der Waals surface area contributed by atoms with Crippen LogP contribution >= 0.6 is 0 Å². The van der Waals surface area contributed by atoms with Crippen LogP contribution in [0.2, 0.25) is 0 Å². The van der Waals surface area contributed by atoms with Gasteiger partial charge in [0.25, 0.3) is 0 Å². The first-order valence-electron chi connectivity index (χ1n) is 19.7. The maximum Gasteiger partial charge on any atom is 0.0726 e. The molecule has 54 heavy (non-hydrogen) atoms. The Hall–Kier alpha value is -5.92. The molecule has 1 nitrogen and oxygen atoms in total. The van der Waals surface area contributed by atoms with Crippen molar-refractivity contribution >= 4 is 28.2 Å². The zero-order valence-corrected chi connectivity index (χ0v) is 31.1. The quantitative estimate of drug-likeness (QED) is 0.166. The molecule has 1 heteroatoms. The Kier molecular flexibility index (Phi) is 5.05. The van der Waals surface area contributed by atoms with Crippen molar-refractivity contribution in [2.75, 3.05) is 4.90 Å². The van der Waals surface area contributed by atoms with E-state index in [4.69, 9.17) is 0 Å². The number of benzene rings is 6. The van der Waals surface area contributed by atoms with Crippen molar-refractivity contribution in [3.63, 3.8) is 0 Å². The van der Waals surface area contributed by atoms with Gasteiger partial charge >= 0.3 is 0 Å². The minimum Gasteiger partial charge on any atom is -0.309 e. The second-order valence-corrected chi connectivity index (χ2v) is 17.7. The zero-order chi connectivity index (χ0) is 35.9. The van der Waals surface area contributed by atoms with E-state index in [0.29, 0.717) is 0 Å². The molecule has 7 aliphatic rings. The van der Waals surface area contributed by atoms with E-state index in [1.54, 1.807) is 0 Å². The van der Waals surface area contributed by atoms with Gasteiger partial charge in [-0.3, -0.25) is 0 Å². The number of hydrogen-bond acceptors (Lipinski definition) is 1. The van der Waals surface area contributed by atoms with Crippen LogP contribution in [0.4, 0.5) is 17.1 Å². The first-order chi connectivity index (χ1) is 26.3. The van der Waals surface area contributed by atoms with Gasteiger partial charge in [0, 0.05) is 33.1 Å². The largest absolute Gasteiger partial charge is 0.309 e.